The highest BCUT2D eigenvalue weighted by Crippen LogP contribution is 2.43. The summed E-state index contributed by atoms with van der Waals surface area (Å²) in [7, 11) is 0. The van der Waals surface area contributed by atoms with Crippen LogP contribution in [0.1, 0.15) is 27.2 Å². The molecule has 3 aromatic heterocycles. The van der Waals surface area contributed by atoms with Gasteiger partial charge in [0.2, 0.25) is 5.88 Å². The average molecular weight is 540 g/mol. The SMILES string of the molecule is CCn1cc(-c2nc3c(cc2Cl)N2CC[C@@H](C2)N3C(=O)Nc2ccnc(OC[C@H]3COC(C)(C)O3)c2)cn1. The van der Waals surface area contributed by atoms with Gasteiger partial charge in [-0.1, -0.05) is 11.6 Å². The highest BCUT2D eigenvalue weighted by Gasteiger charge is 2.41. The molecule has 0 spiro atoms. The third kappa shape index (κ3) is 4.77. The van der Waals surface area contributed by atoms with Gasteiger partial charge >= 0.3 is 6.03 Å². The number of aromatic nitrogens is 4. The molecule has 6 heterocycles. The van der Waals surface area contributed by atoms with Crippen LogP contribution in [0.15, 0.2) is 36.8 Å². The zero-order valence-corrected chi connectivity index (χ0v) is 22.3. The molecule has 1 N–H and O–H groups in total. The Hall–Kier alpha value is -3.41. The number of halogens is 1. The number of nitrogens with one attached hydrogen (secondary N) is 1. The van der Waals surface area contributed by atoms with Crippen molar-refractivity contribution >= 4 is 34.8 Å². The normalized spacial score (nSPS) is 21.5. The van der Waals surface area contributed by atoms with Crippen molar-refractivity contribution in [2.45, 2.75) is 51.7 Å². The summed E-state index contributed by atoms with van der Waals surface area (Å²) in [5.41, 5.74) is 2.84. The van der Waals surface area contributed by atoms with Crippen molar-refractivity contribution < 1.29 is 19.0 Å². The van der Waals surface area contributed by atoms with Crippen LogP contribution in [-0.4, -0.2) is 70.0 Å². The number of rotatable bonds is 6. The zero-order valence-electron chi connectivity index (χ0n) is 21.6. The van der Waals surface area contributed by atoms with E-state index < -0.39 is 5.79 Å². The summed E-state index contributed by atoms with van der Waals surface area (Å²) in [5, 5.41) is 7.89. The number of amides is 2. The van der Waals surface area contributed by atoms with Crippen LogP contribution in [0.5, 0.6) is 5.88 Å². The summed E-state index contributed by atoms with van der Waals surface area (Å²) < 4.78 is 19.0. The van der Waals surface area contributed by atoms with Crippen LogP contribution in [-0.2, 0) is 16.0 Å². The van der Waals surface area contributed by atoms with E-state index in [0.717, 1.165) is 37.3 Å². The number of pyridine rings is 2. The molecule has 3 aromatic rings. The van der Waals surface area contributed by atoms with E-state index in [1.54, 1.807) is 29.4 Å². The van der Waals surface area contributed by atoms with Crippen molar-refractivity contribution in [3.8, 4) is 17.1 Å². The van der Waals surface area contributed by atoms with Gasteiger partial charge in [0.1, 0.15) is 12.7 Å². The second-order valence-electron chi connectivity index (χ2n) is 10.1. The molecular formula is C26H30ClN7O4. The summed E-state index contributed by atoms with van der Waals surface area (Å²) in [5.74, 6) is 0.362. The van der Waals surface area contributed by atoms with E-state index in [2.05, 4.69) is 20.3 Å². The highest BCUT2D eigenvalue weighted by atomic mass is 35.5. The van der Waals surface area contributed by atoms with Gasteiger partial charge in [0.05, 0.1) is 35.2 Å². The second-order valence-corrected chi connectivity index (χ2v) is 10.5. The number of urea groups is 1. The number of hydrogen-bond donors (Lipinski definition) is 1. The first kappa shape index (κ1) is 24.9. The molecule has 2 fully saturated rings. The zero-order chi connectivity index (χ0) is 26.4. The van der Waals surface area contributed by atoms with Crippen LogP contribution >= 0.6 is 11.6 Å². The van der Waals surface area contributed by atoms with Gasteiger partial charge in [-0.2, -0.15) is 5.10 Å². The Labute approximate surface area is 225 Å². The molecule has 3 aliphatic heterocycles. The summed E-state index contributed by atoms with van der Waals surface area (Å²) in [6, 6.07) is 5.06. The van der Waals surface area contributed by atoms with E-state index in [1.807, 2.05) is 37.7 Å². The molecule has 38 heavy (non-hydrogen) atoms. The first-order chi connectivity index (χ1) is 18.3. The lowest BCUT2D eigenvalue weighted by Gasteiger charge is -2.36. The van der Waals surface area contributed by atoms with Gasteiger partial charge in [0.15, 0.2) is 11.6 Å². The number of fused-ring (bicyclic) bond motifs is 4. The van der Waals surface area contributed by atoms with E-state index in [1.165, 1.54) is 0 Å². The molecule has 2 saturated heterocycles. The molecule has 6 rings (SSSR count). The van der Waals surface area contributed by atoms with E-state index in [9.17, 15) is 4.79 Å². The van der Waals surface area contributed by atoms with Gasteiger partial charge in [-0.25, -0.2) is 14.8 Å². The first-order valence-corrected chi connectivity index (χ1v) is 13.2. The van der Waals surface area contributed by atoms with Crippen molar-refractivity contribution in [1.29, 1.82) is 0 Å². The van der Waals surface area contributed by atoms with E-state index in [0.29, 0.717) is 41.3 Å². The number of carbonyl (C=O) groups excluding carboxylic acids is 1. The second kappa shape index (κ2) is 9.72. The Balaban J connectivity index is 1.22. The Kier molecular flexibility index (Phi) is 6.37. The minimum Gasteiger partial charge on any atom is -0.475 e. The Morgan fingerprint density at radius 3 is 2.97 bits per heavy atom. The molecule has 0 aliphatic carbocycles. The largest absolute Gasteiger partial charge is 0.475 e. The maximum absolute atomic E-state index is 13.7. The number of ether oxygens (including phenoxy) is 3. The van der Waals surface area contributed by atoms with Crippen molar-refractivity contribution in [2.75, 3.05) is 41.4 Å². The molecular weight excluding hydrogens is 510 g/mol. The van der Waals surface area contributed by atoms with Gasteiger partial charge < -0.3 is 24.4 Å². The fourth-order valence-electron chi connectivity index (χ4n) is 5.12. The molecule has 200 valence electrons. The molecule has 12 heteroatoms. The summed E-state index contributed by atoms with van der Waals surface area (Å²) >= 11 is 6.67. The van der Waals surface area contributed by atoms with Crippen molar-refractivity contribution in [1.82, 2.24) is 19.7 Å². The molecule has 2 bridgehead atoms. The molecule has 2 amide bonds. The maximum Gasteiger partial charge on any atom is 0.327 e. The summed E-state index contributed by atoms with van der Waals surface area (Å²) in [6.45, 7) is 8.82. The van der Waals surface area contributed by atoms with E-state index in [4.69, 9.17) is 30.8 Å². The third-order valence-corrected chi connectivity index (χ3v) is 7.24. The van der Waals surface area contributed by atoms with Crippen LogP contribution in [0.4, 0.5) is 22.0 Å². The Bertz CT molecular complexity index is 1360. The third-order valence-electron chi connectivity index (χ3n) is 6.95. The van der Waals surface area contributed by atoms with Crippen LogP contribution in [0, 0.1) is 0 Å². The van der Waals surface area contributed by atoms with E-state index >= 15 is 0 Å². The molecule has 0 saturated carbocycles. The fourth-order valence-corrected chi connectivity index (χ4v) is 5.38. The lowest BCUT2D eigenvalue weighted by molar-refractivity contribution is -0.141. The van der Waals surface area contributed by atoms with Gasteiger partial charge in [0.25, 0.3) is 0 Å². The predicted molar refractivity (Wildman–Crippen MR) is 143 cm³/mol. The van der Waals surface area contributed by atoms with Crippen LogP contribution in [0.3, 0.4) is 0 Å². The molecule has 0 radical (unpaired) electrons. The number of anilines is 3. The van der Waals surface area contributed by atoms with Crippen molar-refractivity contribution in [3.05, 3.63) is 41.8 Å². The van der Waals surface area contributed by atoms with Gasteiger partial charge in [-0.05, 0) is 39.3 Å². The molecule has 2 atom stereocenters. The van der Waals surface area contributed by atoms with Crippen LogP contribution in [0.2, 0.25) is 5.02 Å². The quantitative estimate of drug-likeness (QED) is 0.497. The first-order valence-electron chi connectivity index (χ1n) is 12.8. The lowest BCUT2D eigenvalue weighted by Crippen LogP contribution is -2.48. The standard InChI is InChI=1S/C26H30ClN7O4/c1-4-33-12-16(11-29-33)23-20(27)10-21-24(31-23)34(18-6-8-32(21)13-18)25(35)30-17-5-7-28-22(9-17)36-14-19-15-37-26(2,3)38-19/h5,7,9-12,18-19H,4,6,8,13-15H2,1-3H3,(H,28,30,35)/t18-,19-/m0/s1. The fraction of sp³-hybridized carbons (Fsp3) is 0.462. The number of hydrogen-bond acceptors (Lipinski definition) is 8. The Morgan fingerprint density at radius 1 is 1.34 bits per heavy atom. The van der Waals surface area contributed by atoms with E-state index in [-0.39, 0.29) is 18.2 Å². The minimum atomic E-state index is -0.619. The lowest BCUT2D eigenvalue weighted by atomic mass is 10.1. The topological polar surface area (TPSA) is 107 Å². The molecule has 3 aliphatic rings. The molecule has 0 aromatic carbocycles. The highest BCUT2D eigenvalue weighted by molar-refractivity contribution is 6.33. The summed E-state index contributed by atoms with van der Waals surface area (Å²) in [4.78, 5) is 26.8. The molecule has 11 nitrogen and oxygen atoms in total. The monoisotopic (exact) mass is 539 g/mol. The van der Waals surface area contributed by atoms with Crippen LogP contribution < -0.4 is 19.9 Å². The van der Waals surface area contributed by atoms with Crippen molar-refractivity contribution in [3.63, 3.8) is 0 Å². The van der Waals surface area contributed by atoms with Crippen molar-refractivity contribution in [2.24, 2.45) is 0 Å². The van der Waals surface area contributed by atoms with Gasteiger partial charge in [0, 0.05) is 49.3 Å². The smallest absolute Gasteiger partial charge is 0.327 e. The average Bonchev–Trinajstić information content (AvgIpc) is 3.62. The maximum atomic E-state index is 13.7. The van der Waals surface area contributed by atoms with Gasteiger partial charge in [-0.3, -0.25) is 9.58 Å². The van der Waals surface area contributed by atoms with Gasteiger partial charge in [-0.15, -0.1) is 0 Å². The Morgan fingerprint density at radius 2 is 2.21 bits per heavy atom. The summed E-state index contributed by atoms with van der Waals surface area (Å²) in [6.07, 6.45) is 5.91. The predicted octanol–water partition coefficient (Wildman–Crippen LogP) is 4.17. The molecule has 0 unspecified atom stereocenters. The number of nitrogens with zero attached hydrogens (tertiary/aromatic N) is 6. The van der Waals surface area contributed by atoms with Crippen LogP contribution in [0.25, 0.3) is 11.3 Å². The number of carbonyl (C=O) groups is 1. The number of aryl methyl sites for hydroxylation is 1. The minimum absolute atomic E-state index is 0.00261.